The molecule has 6 N–H and O–H groups in total. The smallest absolute Gasteiger partial charge is 0.305 e. The maximum Gasteiger partial charge on any atom is 0.305 e. The highest BCUT2D eigenvalue weighted by Crippen LogP contribution is 2.24. The van der Waals surface area contributed by atoms with E-state index in [1.54, 1.807) is 6.08 Å². The lowest BCUT2D eigenvalue weighted by Crippen LogP contribution is -2.60. The van der Waals surface area contributed by atoms with Crippen molar-refractivity contribution in [2.24, 2.45) is 0 Å². The van der Waals surface area contributed by atoms with Crippen molar-refractivity contribution < 1.29 is 49.3 Å². The van der Waals surface area contributed by atoms with Gasteiger partial charge >= 0.3 is 5.97 Å². The molecular weight excluding hydrogens is 1160 g/mol. The summed E-state index contributed by atoms with van der Waals surface area (Å²) >= 11 is 0. The van der Waals surface area contributed by atoms with E-state index in [0.29, 0.717) is 19.4 Å². The topological polar surface area (TPSA) is 175 Å². The average molecular weight is 1320 g/mol. The van der Waals surface area contributed by atoms with Crippen LogP contribution in [0.3, 0.4) is 0 Å². The van der Waals surface area contributed by atoms with Crippen LogP contribution in [-0.2, 0) is 23.8 Å². The number of esters is 1. The Balaban J connectivity index is 1.91. The van der Waals surface area contributed by atoms with E-state index in [0.717, 1.165) is 51.4 Å². The molecule has 11 heteroatoms. The van der Waals surface area contributed by atoms with Gasteiger partial charge in [-0.05, 0) is 57.8 Å². The number of ether oxygens (including phenoxy) is 3. The quantitative estimate of drug-likeness (QED) is 0.0195. The maximum atomic E-state index is 13.1. The Morgan fingerprint density at radius 3 is 1.03 bits per heavy atom. The van der Waals surface area contributed by atoms with Crippen LogP contribution in [0.4, 0.5) is 0 Å². The summed E-state index contributed by atoms with van der Waals surface area (Å²) in [7, 11) is 0. The number of amides is 1. The third kappa shape index (κ3) is 59.9. The third-order valence-electron chi connectivity index (χ3n) is 19.8. The highest BCUT2D eigenvalue weighted by Gasteiger charge is 2.44. The van der Waals surface area contributed by atoms with Crippen LogP contribution in [-0.4, -0.2) is 100 Å². The van der Waals surface area contributed by atoms with Crippen molar-refractivity contribution in [1.82, 2.24) is 5.32 Å². The first kappa shape index (κ1) is 89.2. The van der Waals surface area contributed by atoms with Crippen LogP contribution < -0.4 is 5.32 Å². The second-order valence-electron chi connectivity index (χ2n) is 28.8. The number of rotatable bonds is 74. The molecule has 93 heavy (non-hydrogen) atoms. The number of hydrogen-bond acceptors (Lipinski definition) is 10. The first-order chi connectivity index (χ1) is 45.7. The van der Waals surface area contributed by atoms with Crippen molar-refractivity contribution >= 4 is 11.9 Å². The van der Waals surface area contributed by atoms with Crippen LogP contribution in [0.1, 0.15) is 425 Å². The Morgan fingerprint density at radius 1 is 0.387 bits per heavy atom. The molecule has 1 aliphatic heterocycles. The summed E-state index contributed by atoms with van der Waals surface area (Å²) < 4.78 is 16.8. The van der Waals surface area contributed by atoms with E-state index in [2.05, 4.69) is 31.3 Å². The normalized spacial score (nSPS) is 17.5. The molecule has 0 radical (unpaired) electrons. The minimum atomic E-state index is -1.57. The van der Waals surface area contributed by atoms with Gasteiger partial charge in [-0.3, -0.25) is 9.59 Å². The van der Waals surface area contributed by atoms with Crippen LogP contribution >= 0.6 is 0 Å². The summed E-state index contributed by atoms with van der Waals surface area (Å²) in [6.45, 7) is 4.41. The fraction of sp³-hybridized carbons (Fsp3) is 0.927. The van der Waals surface area contributed by atoms with Crippen LogP contribution in [0.15, 0.2) is 24.3 Å². The average Bonchev–Trinajstić information content (AvgIpc) is 1.11. The van der Waals surface area contributed by atoms with E-state index in [1.807, 2.05) is 6.08 Å². The van der Waals surface area contributed by atoms with Gasteiger partial charge in [-0.2, -0.15) is 0 Å². The van der Waals surface area contributed by atoms with Crippen molar-refractivity contribution in [2.45, 2.75) is 468 Å². The van der Waals surface area contributed by atoms with Gasteiger partial charge in [0.05, 0.1) is 32.0 Å². The van der Waals surface area contributed by atoms with Crippen LogP contribution in [0, 0.1) is 0 Å². The Kier molecular flexibility index (Phi) is 68.5. The molecular formula is C82H157NO10. The van der Waals surface area contributed by atoms with Gasteiger partial charge in [0.2, 0.25) is 5.91 Å². The summed E-state index contributed by atoms with van der Waals surface area (Å²) in [4.78, 5) is 25.1. The molecule has 1 fully saturated rings. The fourth-order valence-corrected chi connectivity index (χ4v) is 13.4. The Hall–Kier alpha value is -1.86. The lowest BCUT2D eigenvalue weighted by atomic mass is 9.99. The number of aliphatic hydroxyl groups is 5. The predicted octanol–water partition coefficient (Wildman–Crippen LogP) is 22.3. The first-order valence-electron chi connectivity index (χ1n) is 41.1. The molecule has 0 aromatic carbocycles. The Labute approximate surface area is 575 Å². The highest BCUT2D eigenvalue weighted by molar-refractivity contribution is 5.76. The SMILES string of the molecule is CCCCCCCCCCCCCCC/C=C/C(O)C(COC1OC(CO)C(O)C(O)C1O)NC(=O)CCCCCCCCCCCCCCCCCCC/C=C\CCCCCCCCCCCCCCCCCCCCOC(=O)CCCCCCCCCCCCC. The minimum Gasteiger partial charge on any atom is -0.466 e. The van der Waals surface area contributed by atoms with Crippen molar-refractivity contribution in [2.75, 3.05) is 19.8 Å². The summed E-state index contributed by atoms with van der Waals surface area (Å²) in [6.07, 6.45) is 82.1. The second-order valence-corrected chi connectivity index (χ2v) is 28.8. The molecule has 7 atom stereocenters. The molecule has 7 unspecified atom stereocenters. The highest BCUT2D eigenvalue weighted by atomic mass is 16.7. The zero-order valence-corrected chi connectivity index (χ0v) is 61.5. The zero-order valence-electron chi connectivity index (χ0n) is 61.5. The largest absolute Gasteiger partial charge is 0.466 e. The maximum absolute atomic E-state index is 13.1. The summed E-state index contributed by atoms with van der Waals surface area (Å²) in [5.41, 5.74) is 0. The number of carbonyl (C=O) groups is 2. The Morgan fingerprint density at radius 2 is 0.688 bits per heavy atom. The lowest BCUT2D eigenvalue weighted by molar-refractivity contribution is -0.302. The van der Waals surface area contributed by atoms with Gasteiger partial charge in [0.1, 0.15) is 24.4 Å². The second kappa shape index (κ2) is 71.4. The van der Waals surface area contributed by atoms with Crippen molar-refractivity contribution in [3.05, 3.63) is 24.3 Å². The summed E-state index contributed by atoms with van der Waals surface area (Å²) in [5.74, 6) is -0.156. The fourth-order valence-electron chi connectivity index (χ4n) is 13.4. The molecule has 1 aliphatic rings. The molecule has 0 saturated carbocycles. The molecule has 0 aliphatic carbocycles. The number of hydrogen-bond donors (Lipinski definition) is 6. The van der Waals surface area contributed by atoms with Crippen molar-refractivity contribution in [1.29, 1.82) is 0 Å². The molecule has 1 saturated heterocycles. The van der Waals surface area contributed by atoms with E-state index in [-0.39, 0.29) is 18.5 Å². The minimum absolute atomic E-state index is 0.0173. The number of nitrogens with one attached hydrogen (secondary N) is 1. The van der Waals surface area contributed by atoms with Gasteiger partial charge in [0, 0.05) is 12.8 Å². The monoisotopic (exact) mass is 1320 g/mol. The van der Waals surface area contributed by atoms with Gasteiger partial charge in [-0.15, -0.1) is 0 Å². The molecule has 0 bridgehead atoms. The number of unbranched alkanes of at least 4 members (excludes halogenated alkanes) is 58. The molecule has 0 aromatic rings. The molecule has 1 amide bonds. The van der Waals surface area contributed by atoms with E-state index in [9.17, 15) is 35.1 Å². The van der Waals surface area contributed by atoms with E-state index in [4.69, 9.17) is 14.2 Å². The molecule has 1 heterocycles. The summed E-state index contributed by atoms with van der Waals surface area (Å²) in [6, 6.07) is -0.807. The lowest BCUT2D eigenvalue weighted by Gasteiger charge is -2.40. The Bertz CT molecular complexity index is 1590. The van der Waals surface area contributed by atoms with Gasteiger partial charge < -0.3 is 45.1 Å². The predicted molar refractivity (Wildman–Crippen MR) is 394 cm³/mol. The van der Waals surface area contributed by atoms with Crippen LogP contribution in [0.25, 0.3) is 0 Å². The van der Waals surface area contributed by atoms with Gasteiger partial charge in [0.15, 0.2) is 6.29 Å². The van der Waals surface area contributed by atoms with Crippen molar-refractivity contribution in [3.63, 3.8) is 0 Å². The van der Waals surface area contributed by atoms with Gasteiger partial charge in [-0.25, -0.2) is 0 Å². The van der Waals surface area contributed by atoms with Crippen LogP contribution in [0.5, 0.6) is 0 Å². The number of aliphatic hydroxyl groups excluding tert-OH is 5. The van der Waals surface area contributed by atoms with Gasteiger partial charge in [-0.1, -0.05) is 378 Å². The van der Waals surface area contributed by atoms with E-state index in [1.165, 1.54) is 347 Å². The van der Waals surface area contributed by atoms with Crippen LogP contribution in [0.2, 0.25) is 0 Å². The van der Waals surface area contributed by atoms with Crippen molar-refractivity contribution in [3.8, 4) is 0 Å². The summed E-state index contributed by atoms with van der Waals surface area (Å²) in [5, 5.41) is 54.7. The molecule has 550 valence electrons. The number of carbonyl (C=O) groups excluding carboxylic acids is 2. The zero-order chi connectivity index (χ0) is 67.2. The first-order valence-corrected chi connectivity index (χ1v) is 41.1. The van der Waals surface area contributed by atoms with E-state index >= 15 is 0 Å². The molecule has 0 spiro atoms. The molecule has 1 rings (SSSR count). The van der Waals surface area contributed by atoms with E-state index < -0.39 is 49.5 Å². The standard InChI is InChI=1S/C82H157NO10/c1-3-5-7-9-11-13-15-16-42-45-49-52-56-60-64-68-75(85)74(73-92-82-81(90)80(89)79(88)76(72-84)93-82)83-77(86)69-65-61-57-53-50-46-43-40-38-36-34-32-30-28-26-24-22-20-18-17-19-21-23-25-27-29-31-33-35-37-39-41-44-47-51-55-59-63-67-71-91-78(87)70-66-62-58-54-48-14-12-10-8-6-4-2/h17-18,64,68,74-76,79-82,84-85,88-90H,3-16,19-63,65-67,69-73H2,1-2H3,(H,83,86)/b18-17-,68-64+. The number of allylic oxidation sites excluding steroid dienone is 3. The van der Waals surface area contributed by atoms with Gasteiger partial charge in [0.25, 0.3) is 0 Å². The molecule has 0 aromatic heterocycles. The molecule has 11 nitrogen and oxygen atoms in total. The third-order valence-corrected chi connectivity index (χ3v) is 19.8.